The maximum Gasteiger partial charge on any atom is 0.329 e. The van der Waals surface area contributed by atoms with Crippen LogP contribution in [-0.4, -0.2) is 36.7 Å². The number of aliphatic carboxylic acids is 1. The molecule has 1 rings (SSSR count). The van der Waals surface area contributed by atoms with Gasteiger partial charge in [-0.05, 0) is 41.1 Å². The molecule has 0 saturated heterocycles. The summed E-state index contributed by atoms with van der Waals surface area (Å²) in [7, 11) is 0. The molecular formula is C12H13BrO5. The van der Waals surface area contributed by atoms with E-state index in [4.69, 9.17) is 14.6 Å². The van der Waals surface area contributed by atoms with Crippen LogP contribution in [0.1, 0.15) is 17.3 Å². The van der Waals surface area contributed by atoms with Gasteiger partial charge in [-0.25, -0.2) is 4.79 Å². The van der Waals surface area contributed by atoms with Crippen molar-refractivity contribution in [2.45, 2.75) is 6.92 Å². The topological polar surface area (TPSA) is 72.8 Å². The third kappa shape index (κ3) is 4.46. The van der Waals surface area contributed by atoms with Gasteiger partial charge < -0.3 is 14.6 Å². The number of rotatable bonds is 7. The van der Waals surface area contributed by atoms with Gasteiger partial charge in [0, 0.05) is 10.0 Å². The Bertz CT molecular complexity index is 444. The summed E-state index contributed by atoms with van der Waals surface area (Å²) in [5.41, 5.74) is 0.434. The van der Waals surface area contributed by atoms with E-state index in [1.165, 1.54) is 0 Å². The summed E-state index contributed by atoms with van der Waals surface area (Å²) in [4.78, 5) is 22.0. The molecule has 0 bridgehead atoms. The maximum atomic E-state index is 11.7. The van der Waals surface area contributed by atoms with Gasteiger partial charge in [0.1, 0.15) is 19.0 Å². The van der Waals surface area contributed by atoms with Crippen LogP contribution in [0.3, 0.4) is 0 Å². The van der Waals surface area contributed by atoms with Crippen LogP contribution in [0.15, 0.2) is 22.7 Å². The van der Waals surface area contributed by atoms with Crippen molar-refractivity contribution in [1.29, 1.82) is 0 Å². The average molecular weight is 317 g/mol. The zero-order valence-electron chi connectivity index (χ0n) is 9.81. The summed E-state index contributed by atoms with van der Waals surface area (Å²) in [6.45, 7) is 1.66. The molecule has 0 radical (unpaired) electrons. The summed E-state index contributed by atoms with van der Waals surface area (Å²) in [6.07, 6.45) is 0. The molecule has 0 amide bonds. The molecule has 0 aliphatic carbocycles. The van der Waals surface area contributed by atoms with Crippen molar-refractivity contribution in [2.75, 3.05) is 19.8 Å². The van der Waals surface area contributed by atoms with Gasteiger partial charge in [0.2, 0.25) is 0 Å². The molecule has 0 aliphatic rings. The number of ketones is 1. The van der Waals surface area contributed by atoms with Crippen LogP contribution in [0, 0.1) is 0 Å². The molecule has 1 aromatic rings. The minimum atomic E-state index is -1.10. The van der Waals surface area contributed by atoms with Crippen molar-refractivity contribution in [3.63, 3.8) is 0 Å². The van der Waals surface area contributed by atoms with Crippen molar-refractivity contribution in [3.05, 3.63) is 28.2 Å². The maximum absolute atomic E-state index is 11.7. The fourth-order valence-corrected chi connectivity index (χ4v) is 1.87. The van der Waals surface area contributed by atoms with Gasteiger partial charge in [0.25, 0.3) is 0 Å². The molecule has 0 aliphatic heterocycles. The molecule has 18 heavy (non-hydrogen) atoms. The Labute approximate surface area is 113 Å². The number of carbonyl (C=O) groups is 2. The SMILES string of the molecule is CCOc1ccc(C(=O)COCC(=O)O)c(Br)c1. The quantitative estimate of drug-likeness (QED) is 0.780. The molecule has 1 aromatic carbocycles. The van der Waals surface area contributed by atoms with Gasteiger partial charge in [-0.15, -0.1) is 0 Å². The highest BCUT2D eigenvalue weighted by atomic mass is 79.9. The summed E-state index contributed by atoms with van der Waals surface area (Å²) in [6, 6.07) is 4.98. The van der Waals surface area contributed by atoms with Crippen LogP contribution in [0.4, 0.5) is 0 Å². The van der Waals surface area contributed by atoms with Crippen LogP contribution in [0.2, 0.25) is 0 Å². The number of ether oxygens (including phenoxy) is 2. The summed E-state index contributed by atoms with van der Waals surface area (Å²) >= 11 is 3.27. The fourth-order valence-electron chi connectivity index (χ4n) is 1.29. The lowest BCUT2D eigenvalue weighted by Crippen LogP contribution is -2.14. The molecule has 98 valence electrons. The lowest BCUT2D eigenvalue weighted by atomic mass is 10.1. The Hall–Kier alpha value is -1.40. The lowest BCUT2D eigenvalue weighted by Gasteiger charge is -2.07. The molecule has 0 aromatic heterocycles. The number of benzene rings is 1. The smallest absolute Gasteiger partial charge is 0.329 e. The molecular weight excluding hydrogens is 304 g/mol. The van der Waals surface area contributed by atoms with Crippen molar-refractivity contribution < 1.29 is 24.2 Å². The van der Waals surface area contributed by atoms with Crippen LogP contribution >= 0.6 is 15.9 Å². The Kier molecular flexibility index (Phi) is 5.80. The highest BCUT2D eigenvalue weighted by Crippen LogP contribution is 2.23. The molecule has 1 N–H and O–H groups in total. The van der Waals surface area contributed by atoms with E-state index >= 15 is 0 Å². The van der Waals surface area contributed by atoms with E-state index in [9.17, 15) is 9.59 Å². The van der Waals surface area contributed by atoms with E-state index in [2.05, 4.69) is 15.9 Å². The highest BCUT2D eigenvalue weighted by molar-refractivity contribution is 9.10. The van der Waals surface area contributed by atoms with E-state index in [0.717, 1.165) is 0 Å². The Balaban J connectivity index is 2.65. The summed E-state index contributed by atoms with van der Waals surface area (Å²) in [5.74, 6) is -0.730. The molecule has 0 spiro atoms. The third-order valence-corrected chi connectivity index (χ3v) is 2.67. The molecule has 5 nitrogen and oxygen atoms in total. The number of carboxylic acids is 1. The second-order valence-corrected chi connectivity index (χ2v) is 4.24. The number of hydrogen-bond acceptors (Lipinski definition) is 4. The first-order valence-corrected chi connectivity index (χ1v) is 6.09. The predicted molar refractivity (Wildman–Crippen MR) is 68.1 cm³/mol. The number of halogens is 1. The van der Waals surface area contributed by atoms with Crippen molar-refractivity contribution in [3.8, 4) is 5.75 Å². The van der Waals surface area contributed by atoms with Gasteiger partial charge in [-0.2, -0.15) is 0 Å². The minimum Gasteiger partial charge on any atom is -0.494 e. The van der Waals surface area contributed by atoms with Crippen molar-refractivity contribution in [1.82, 2.24) is 0 Å². The predicted octanol–water partition coefficient (Wildman–Crippen LogP) is 2.13. The van der Waals surface area contributed by atoms with Gasteiger partial charge in [-0.3, -0.25) is 4.79 Å². The minimum absolute atomic E-state index is 0.265. The normalized spacial score (nSPS) is 10.1. The van der Waals surface area contributed by atoms with Crippen LogP contribution in [0.5, 0.6) is 5.75 Å². The van der Waals surface area contributed by atoms with E-state index in [1.54, 1.807) is 18.2 Å². The van der Waals surface area contributed by atoms with Gasteiger partial charge >= 0.3 is 5.97 Å². The van der Waals surface area contributed by atoms with Crippen LogP contribution < -0.4 is 4.74 Å². The van der Waals surface area contributed by atoms with E-state index < -0.39 is 12.6 Å². The van der Waals surface area contributed by atoms with Gasteiger partial charge in [0.15, 0.2) is 5.78 Å². The second kappa shape index (κ2) is 7.13. The average Bonchev–Trinajstić information content (AvgIpc) is 2.28. The summed E-state index contributed by atoms with van der Waals surface area (Å²) < 4.78 is 10.6. The van der Waals surface area contributed by atoms with E-state index in [0.29, 0.717) is 22.4 Å². The first-order chi connectivity index (χ1) is 8.54. The Morgan fingerprint density at radius 3 is 2.61 bits per heavy atom. The highest BCUT2D eigenvalue weighted by Gasteiger charge is 2.12. The molecule has 0 atom stereocenters. The second-order valence-electron chi connectivity index (χ2n) is 3.38. The zero-order valence-corrected chi connectivity index (χ0v) is 11.4. The van der Waals surface area contributed by atoms with Crippen molar-refractivity contribution in [2.24, 2.45) is 0 Å². The largest absolute Gasteiger partial charge is 0.494 e. The summed E-state index contributed by atoms with van der Waals surface area (Å²) in [5, 5.41) is 8.38. The number of hydrogen-bond donors (Lipinski definition) is 1. The lowest BCUT2D eigenvalue weighted by molar-refractivity contribution is -0.141. The van der Waals surface area contributed by atoms with E-state index in [1.807, 2.05) is 6.92 Å². The van der Waals surface area contributed by atoms with Crippen LogP contribution in [0.25, 0.3) is 0 Å². The van der Waals surface area contributed by atoms with Gasteiger partial charge in [0.05, 0.1) is 6.61 Å². The van der Waals surface area contributed by atoms with Crippen molar-refractivity contribution >= 4 is 27.7 Å². The fraction of sp³-hybridized carbons (Fsp3) is 0.333. The molecule has 6 heteroatoms. The number of carbonyl (C=O) groups excluding carboxylic acids is 1. The molecule has 0 unspecified atom stereocenters. The first kappa shape index (κ1) is 14.7. The molecule has 0 fully saturated rings. The third-order valence-electron chi connectivity index (χ3n) is 2.01. The standard InChI is InChI=1S/C12H13BrO5/c1-2-18-8-3-4-9(10(13)5-8)11(14)6-17-7-12(15)16/h3-5H,2,6-7H2,1H3,(H,15,16). The van der Waals surface area contributed by atoms with Crippen LogP contribution in [-0.2, 0) is 9.53 Å². The number of Topliss-reactive ketones (excluding diaryl/α,β-unsaturated/α-hetero) is 1. The Morgan fingerprint density at radius 1 is 1.33 bits per heavy atom. The van der Waals surface area contributed by atoms with E-state index in [-0.39, 0.29) is 12.4 Å². The zero-order chi connectivity index (χ0) is 13.5. The Morgan fingerprint density at radius 2 is 2.06 bits per heavy atom. The van der Waals surface area contributed by atoms with Gasteiger partial charge in [-0.1, -0.05) is 0 Å². The monoisotopic (exact) mass is 316 g/mol. The molecule has 0 saturated carbocycles. The first-order valence-electron chi connectivity index (χ1n) is 5.29. The molecule has 0 heterocycles. The number of carboxylic acid groups (broad SMARTS) is 1.